The Morgan fingerprint density at radius 3 is 2.57 bits per heavy atom. The van der Waals surface area contributed by atoms with E-state index in [4.69, 9.17) is 32.7 Å². The van der Waals surface area contributed by atoms with Gasteiger partial charge in [0, 0.05) is 11.1 Å². The van der Waals surface area contributed by atoms with Gasteiger partial charge in [0.2, 0.25) is 5.78 Å². The molecule has 0 atom stereocenters. The summed E-state index contributed by atoms with van der Waals surface area (Å²) in [5.74, 6) is 0.743. The number of rotatable bonds is 6. The van der Waals surface area contributed by atoms with Crippen molar-refractivity contribution in [2.24, 2.45) is 0 Å². The first-order chi connectivity index (χ1) is 10.1. The molecule has 3 nitrogen and oxygen atoms in total. The second-order valence-corrected chi connectivity index (χ2v) is 5.06. The summed E-state index contributed by atoms with van der Waals surface area (Å²) in [6.07, 6.45) is 0. The summed E-state index contributed by atoms with van der Waals surface area (Å²) < 4.78 is 10.9. The van der Waals surface area contributed by atoms with Gasteiger partial charge in [-0.15, -0.1) is 0 Å². The summed E-state index contributed by atoms with van der Waals surface area (Å²) in [4.78, 5) is 12.2. The van der Waals surface area contributed by atoms with Crippen LogP contribution in [0.2, 0.25) is 10.0 Å². The molecule has 0 saturated carbocycles. The Kier molecular flexibility index (Phi) is 5.48. The maximum atomic E-state index is 12.2. The van der Waals surface area contributed by atoms with Crippen LogP contribution in [-0.4, -0.2) is 19.0 Å². The van der Waals surface area contributed by atoms with Crippen LogP contribution < -0.4 is 9.47 Å². The maximum absolute atomic E-state index is 12.2. The van der Waals surface area contributed by atoms with E-state index in [1.807, 2.05) is 13.0 Å². The third kappa shape index (κ3) is 4.13. The van der Waals surface area contributed by atoms with E-state index in [9.17, 15) is 4.79 Å². The number of para-hydroxylation sites is 1. The van der Waals surface area contributed by atoms with Crippen LogP contribution in [0.25, 0.3) is 0 Å². The third-order valence-corrected chi connectivity index (χ3v) is 3.29. The molecule has 0 saturated heterocycles. The van der Waals surface area contributed by atoms with Crippen molar-refractivity contribution in [1.29, 1.82) is 0 Å². The first kappa shape index (κ1) is 15.7. The number of ether oxygens (including phenoxy) is 2. The number of benzene rings is 2. The van der Waals surface area contributed by atoms with Crippen LogP contribution in [0.5, 0.6) is 11.5 Å². The standard InChI is InChI=1S/C16H14Cl2O3/c1-2-20-15-6-4-3-5-12(15)14(19)10-21-16-9-11(17)7-8-13(16)18/h3-9H,2,10H2,1H3. The maximum Gasteiger partial charge on any atom is 0.203 e. The quantitative estimate of drug-likeness (QED) is 0.725. The fourth-order valence-electron chi connectivity index (χ4n) is 1.79. The molecule has 0 unspecified atom stereocenters. The molecule has 0 aliphatic heterocycles. The minimum Gasteiger partial charge on any atom is -0.493 e. The minimum absolute atomic E-state index is 0.135. The lowest BCUT2D eigenvalue weighted by atomic mass is 10.1. The molecule has 0 heterocycles. The van der Waals surface area contributed by atoms with E-state index in [-0.39, 0.29) is 12.4 Å². The van der Waals surface area contributed by atoms with Crippen molar-refractivity contribution in [1.82, 2.24) is 0 Å². The van der Waals surface area contributed by atoms with Crippen molar-refractivity contribution >= 4 is 29.0 Å². The third-order valence-electron chi connectivity index (χ3n) is 2.74. The van der Waals surface area contributed by atoms with Crippen LogP contribution in [0, 0.1) is 0 Å². The number of hydrogen-bond donors (Lipinski definition) is 0. The highest BCUT2D eigenvalue weighted by atomic mass is 35.5. The molecule has 0 aliphatic carbocycles. The van der Waals surface area contributed by atoms with Gasteiger partial charge in [0.25, 0.3) is 0 Å². The Morgan fingerprint density at radius 2 is 1.81 bits per heavy atom. The molecule has 2 aromatic carbocycles. The van der Waals surface area contributed by atoms with Gasteiger partial charge in [0.1, 0.15) is 11.5 Å². The number of ketones is 1. The highest BCUT2D eigenvalue weighted by Crippen LogP contribution is 2.28. The number of carbonyl (C=O) groups is 1. The van der Waals surface area contributed by atoms with Gasteiger partial charge in [-0.25, -0.2) is 0 Å². The second-order valence-electron chi connectivity index (χ2n) is 4.22. The Balaban J connectivity index is 2.10. The van der Waals surface area contributed by atoms with Gasteiger partial charge >= 0.3 is 0 Å². The molecule has 21 heavy (non-hydrogen) atoms. The lowest BCUT2D eigenvalue weighted by Crippen LogP contribution is -2.13. The summed E-state index contributed by atoms with van der Waals surface area (Å²) in [5, 5.41) is 0.904. The zero-order valence-corrected chi connectivity index (χ0v) is 12.9. The fraction of sp³-hybridized carbons (Fsp3) is 0.188. The van der Waals surface area contributed by atoms with Crippen LogP contribution in [0.3, 0.4) is 0 Å². The largest absolute Gasteiger partial charge is 0.493 e. The zero-order chi connectivity index (χ0) is 15.2. The summed E-state index contributed by atoms with van der Waals surface area (Å²) >= 11 is 11.9. The predicted molar refractivity (Wildman–Crippen MR) is 83.9 cm³/mol. The molecule has 0 bridgehead atoms. The first-order valence-electron chi connectivity index (χ1n) is 6.44. The molecule has 0 fully saturated rings. The highest BCUT2D eigenvalue weighted by Gasteiger charge is 2.13. The van der Waals surface area contributed by atoms with E-state index in [1.54, 1.807) is 36.4 Å². The zero-order valence-electron chi connectivity index (χ0n) is 11.4. The molecule has 2 rings (SSSR count). The van der Waals surface area contributed by atoms with Crippen molar-refractivity contribution in [2.45, 2.75) is 6.92 Å². The normalized spacial score (nSPS) is 10.2. The summed E-state index contributed by atoms with van der Waals surface area (Å²) in [7, 11) is 0. The molecule has 0 aromatic heterocycles. The van der Waals surface area contributed by atoms with Crippen LogP contribution in [-0.2, 0) is 0 Å². The van der Waals surface area contributed by atoms with Gasteiger partial charge in [0.05, 0.1) is 17.2 Å². The van der Waals surface area contributed by atoms with E-state index >= 15 is 0 Å². The predicted octanol–water partition coefficient (Wildman–Crippen LogP) is 4.65. The van der Waals surface area contributed by atoms with Gasteiger partial charge < -0.3 is 9.47 Å². The Hall–Kier alpha value is -1.71. The lowest BCUT2D eigenvalue weighted by Gasteiger charge is -2.11. The smallest absolute Gasteiger partial charge is 0.203 e. The molecule has 0 radical (unpaired) electrons. The topological polar surface area (TPSA) is 35.5 Å². The van der Waals surface area contributed by atoms with E-state index in [1.165, 1.54) is 0 Å². The Labute approximate surface area is 133 Å². The van der Waals surface area contributed by atoms with Gasteiger partial charge in [-0.2, -0.15) is 0 Å². The van der Waals surface area contributed by atoms with Gasteiger partial charge in [0.15, 0.2) is 6.61 Å². The van der Waals surface area contributed by atoms with Crippen LogP contribution in [0.15, 0.2) is 42.5 Å². The van der Waals surface area contributed by atoms with Crippen LogP contribution in [0.1, 0.15) is 17.3 Å². The lowest BCUT2D eigenvalue weighted by molar-refractivity contribution is 0.0918. The van der Waals surface area contributed by atoms with Crippen molar-refractivity contribution in [3.63, 3.8) is 0 Å². The highest BCUT2D eigenvalue weighted by molar-refractivity contribution is 6.34. The fourth-order valence-corrected chi connectivity index (χ4v) is 2.12. The summed E-state index contributed by atoms with van der Waals surface area (Å²) in [6.45, 7) is 2.22. The van der Waals surface area contributed by atoms with Gasteiger partial charge in [-0.3, -0.25) is 4.79 Å². The molecule has 0 spiro atoms. The minimum atomic E-state index is -0.185. The summed E-state index contributed by atoms with van der Waals surface area (Å²) in [5.41, 5.74) is 0.484. The van der Waals surface area contributed by atoms with Crippen molar-refractivity contribution < 1.29 is 14.3 Å². The van der Waals surface area contributed by atoms with Crippen molar-refractivity contribution in [3.8, 4) is 11.5 Å². The summed E-state index contributed by atoms with van der Waals surface area (Å²) in [6, 6.07) is 11.9. The monoisotopic (exact) mass is 324 g/mol. The van der Waals surface area contributed by atoms with Crippen molar-refractivity contribution in [2.75, 3.05) is 13.2 Å². The second kappa shape index (κ2) is 7.34. The van der Waals surface area contributed by atoms with Crippen molar-refractivity contribution in [3.05, 3.63) is 58.1 Å². The molecule has 5 heteroatoms. The SMILES string of the molecule is CCOc1ccccc1C(=O)COc1cc(Cl)ccc1Cl. The van der Waals surface area contributed by atoms with Crippen LogP contribution in [0.4, 0.5) is 0 Å². The number of Topliss-reactive ketones (excluding diaryl/α,β-unsaturated/α-hetero) is 1. The van der Waals surface area contributed by atoms with E-state index in [0.717, 1.165) is 0 Å². The number of carbonyl (C=O) groups excluding carboxylic acids is 1. The Morgan fingerprint density at radius 1 is 1.05 bits per heavy atom. The van der Waals surface area contributed by atoms with Gasteiger partial charge in [-0.1, -0.05) is 35.3 Å². The molecule has 2 aromatic rings. The molecular formula is C16H14Cl2O3. The van der Waals surface area contributed by atoms with E-state index in [0.29, 0.717) is 33.7 Å². The molecule has 110 valence electrons. The average Bonchev–Trinajstić information content (AvgIpc) is 2.49. The first-order valence-corrected chi connectivity index (χ1v) is 7.20. The Bertz CT molecular complexity index is 641. The average molecular weight is 325 g/mol. The number of hydrogen-bond acceptors (Lipinski definition) is 3. The number of halogens is 2. The van der Waals surface area contributed by atoms with Crippen LogP contribution >= 0.6 is 23.2 Å². The van der Waals surface area contributed by atoms with E-state index in [2.05, 4.69) is 0 Å². The molecule has 0 aliphatic rings. The van der Waals surface area contributed by atoms with E-state index < -0.39 is 0 Å². The van der Waals surface area contributed by atoms with Gasteiger partial charge in [-0.05, 0) is 31.2 Å². The molecular weight excluding hydrogens is 311 g/mol. The molecule has 0 N–H and O–H groups in total. The molecule has 0 amide bonds.